The van der Waals surface area contributed by atoms with Crippen molar-refractivity contribution in [3.63, 3.8) is 0 Å². The number of aliphatic imine (C=N–C) groups is 1. The Morgan fingerprint density at radius 3 is 2.68 bits per heavy atom. The van der Waals surface area contributed by atoms with Gasteiger partial charge in [0, 0.05) is 24.7 Å². The first-order valence-electron chi connectivity index (χ1n) is 7.88. The molecule has 1 aromatic heterocycles. The van der Waals surface area contributed by atoms with Crippen molar-refractivity contribution in [3.8, 4) is 0 Å². The zero-order valence-electron chi connectivity index (χ0n) is 13.0. The van der Waals surface area contributed by atoms with Gasteiger partial charge in [0.1, 0.15) is 0 Å². The number of hydrogen-bond donors (Lipinski definition) is 3. The Hall–Kier alpha value is -2.30. The summed E-state index contributed by atoms with van der Waals surface area (Å²) in [5.41, 5.74) is 2.72. The highest BCUT2D eigenvalue weighted by atomic mass is 15.2. The van der Waals surface area contributed by atoms with Crippen LogP contribution in [0.25, 0.3) is 0 Å². The molecule has 0 saturated heterocycles. The molecule has 0 amide bonds. The van der Waals surface area contributed by atoms with Crippen LogP contribution in [0.1, 0.15) is 31.0 Å². The molecule has 0 bridgehead atoms. The molecule has 1 saturated carbocycles. The van der Waals surface area contributed by atoms with E-state index in [0.29, 0.717) is 6.54 Å². The molecular weight excluding hydrogens is 274 g/mol. The maximum absolute atomic E-state index is 4.60. The van der Waals surface area contributed by atoms with Gasteiger partial charge in [-0.3, -0.25) is 5.10 Å². The molecule has 5 heteroatoms. The Kier molecular flexibility index (Phi) is 4.42. The first-order valence-corrected chi connectivity index (χ1v) is 7.88. The standard InChI is InChI=1S/C17H23N5/c1-2-18-16(19-12-15-8-11-21-22-15)20-13-17(9-10-17)14-6-4-3-5-7-14/h3-8,11H,2,9-10,12-13H2,1H3,(H,21,22)(H2,18,19,20). The van der Waals surface area contributed by atoms with Gasteiger partial charge in [-0.1, -0.05) is 30.3 Å². The minimum atomic E-state index is 0.283. The van der Waals surface area contributed by atoms with Crippen LogP contribution >= 0.6 is 0 Å². The molecule has 1 aliphatic carbocycles. The van der Waals surface area contributed by atoms with Crippen molar-refractivity contribution in [1.29, 1.82) is 0 Å². The van der Waals surface area contributed by atoms with Crippen LogP contribution < -0.4 is 10.6 Å². The number of aromatic nitrogens is 2. The summed E-state index contributed by atoms with van der Waals surface area (Å²) in [6, 6.07) is 12.7. The molecule has 0 atom stereocenters. The minimum absolute atomic E-state index is 0.283. The van der Waals surface area contributed by atoms with Crippen molar-refractivity contribution in [2.45, 2.75) is 31.7 Å². The van der Waals surface area contributed by atoms with Crippen LogP contribution in [0.3, 0.4) is 0 Å². The third-order valence-electron chi connectivity index (χ3n) is 4.14. The van der Waals surface area contributed by atoms with Gasteiger partial charge in [0.25, 0.3) is 0 Å². The van der Waals surface area contributed by atoms with Gasteiger partial charge in [-0.05, 0) is 31.4 Å². The van der Waals surface area contributed by atoms with E-state index in [-0.39, 0.29) is 5.41 Å². The summed E-state index contributed by atoms with van der Waals surface area (Å²) in [4.78, 5) is 4.60. The molecule has 1 heterocycles. The van der Waals surface area contributed by atoms with Crippen molar-refractivity contribution in [2.24, 2.45) is 4.99 Å². The van der Waals surface area contributed by atoms with Crippen LogP contribution in [-0.4, -0.2) is 29.2 Å². The van der Waals surface area contributed by atoms with Gasteiger partial charge < -0.3 is 10.6 Å². The number of hydrogen-bond acceptors (Lipinski definition) is 2. The minimum Gasteiger partial charge on any atom is -0.357 e. The van der Waals surface area contributed by atoms with Crippen LogP contribution in [0, 0.1) is 0 Å². The van der Waals surface area contributed by atoms with Gasteiger partial charge in [0.05, 0.1) is 12.2 Å². The van der Waals surface area contributed by atoms with Gasteiger partial charge in [-0.15, -0.1) is 0 Å². The first kappa shape index (κ1) is 14.6. The Morgan fingerprint density at radius 1 is 1.23 bits per heavy atom. The lowest BCUT2D eigenvalue weighted by Gasteiger charge is -2.19. The van der Waals surface area contributed by atoms with Crippen LogP contribution in [-0.2, 0) is 12.0 Å². The van der Waals surface area contributed by atoms with E-state index in [0.717, 1.165) is 24.7 Å². The van der Waals surface area contributed by atoms with Crippen LogP contribution in [0.5, 0.6) is 0 Å². The summed E-state index contributed by atoms with van der Waals surface area (Å²) in [5.74, 6) is 0.860. The van der Waals surface area contributed by atoms with E-state index in [1.807, 2.05) is 6.07 Å². The molecule has 116 valence electrons. The molecule has 1 fully saturated rings. The van der Waals surface area contributed by atoms with Crippen LogP contribution in [0.2, 0.25) is 0 Å². The summed E-state index contributed by atoms with van der Waals surface area (Å²) in [7, 11) is 0. The molecule has 1 aromatic carbocycles. The predicted molar refractivity (Wildman–Crippen MR) is 88.8 cm³/mol. The zero-order chi connectivity index (χ0) is 15.3. The molecule has 0 radical (unpaired) electrons. The SMILES string of the molecule is CCNC(=NCc1ccn[nH]1)NCC1(c2ccccc2)CC1. The lowest BCUT2D eigenvalue weighted by atomic mass is 9.96. The molecule has 0 spiro atoms. The van der Waals surface area contributed by atoms with E-state index in [1.165, 1.54) is 18.4 Å². The average molecular weight is 297 g/mol. The maximum Gasteiger partial charge on any atom is 0.191 e. The molecule has 22 heavy (non-hydrogen) atoms. The van der Waals surface area contributed by atoms with Crippen molar-refractivity contribution in [1.82, 2.24) is 20.8 Å². The predicted octanol–water partition coefficient (Wildman–Crippen LogP) is 2.20. The lowest BCUT2D eigenvalue weighted by molar-refractivity contribution is 0.645. The topological polar surface area (TPSA) is 65.1 Å². The Balaban J connectivity index is 1.61. The molecule has 3 N–H and O–H groups in total. The normalized spacial score (nSPS) is 16.3. The van der Waals surface area contributed by atoms with Crippen molar-refractivity contribution in [2.75, 3.05) is 13.1 Å². The Bertz CT molecular complexity index is 599. The van der Waals surface area contributed by atoms with Gasteiger partial charge in [-0.2, -0.15) is 5.10 Å². The smallest absolute Gasteiger partial charge is 0.191 e. The highest BCUT2D eigenvalue weighted by Gasteiger charge is 2.43. The molecule has 0 aliphatic heterocycles. The lowest BCUT2D eigenvalue weighted by Crippen LogP contribution is -2.41. The fourth-order valence-electron chi connectivity index (χ4n) is 2.64. The summed E-state index contributed by atoms with van der Waals surface area (Å²) >= 11 is 0. The van der Waals surface area contributed by atoms with Gasteiger partial charge in [-0.25, -0.2) is 4.99 Å². The number of rotatable bonds is 6. The monoisotopic (exact) mass is 297 g/mol. The second-order valence-electron chi connectivity index (χ2n) is 5.78. The molecule has 1 aliphatic rings. The quantitative estimate of drug-likeness (QED) is 0.566. The highest BCUT2D eigenvalue weighted by molar-refractivity contribution is 5.79. The second kappa shape index (κ2) is 6.64. The highest BCUT2D eigenvalue weighted by Crippen LogP contribution is 2.47. The first-order chi connectivity index (χ1) is 10.8. The number of benzene rings is 1. The van der Waals surface area contributed by atoms with Gasteiger partial charge in [0.15, 0.2) is 5.96 Å². The fourth-order valence-corrected chi connectivity index (χ4v) is 2.64. The number of nitrogens with zero attached hydrogens (tertiary/aromatic N) is 2. The number of aromatic amines is 1. The van der Waals surface area contributed by atoms with Gasteiger partial charge in [0.2, 0.25) is 0 Å². The Morgan fingerprint density at radius 2 is 2.05 bits per heavy atom. The molecular formula is C17H23N5. The molecule has 5 nitrogen and oxygen atoms in total. The molecule has 0 unspecified atom stereocenters. The summed E-state index contributed by atoms with van der Waals surface area (Å²) in [5, 5.41) is 13.7. The second-order valence-corrected chi connectivity index (χ2v) is 5.78. The van der Waals surface area contributed by atoms with E-state index in [1.54, 1.807) is 6.20 Å². The van der Waals surface area contributed by atoms with E-state index in [4.69, 9.17) is 0 Å². The number of guanidine groups is 1. The van der Waals surface area contributed by atoms with E-state index in [2.05, 4.69) is 63.1 Å². The van der Waals surface area contributed by atoms with Crippen molar-refractivity contribution in [3.05, 3.63) is 53.9 Å². The van der Waals surface area contributed by atoms with Crippen LogP contribution in [0.4, 0.5) is 0 Å². The molecule has 3 rings (SSSR count). The van der Waals surface area contributed by atoms with E-state index in [9.17, 15) is 0 Å². The zero-order valence-corrected chi connectivity index (χ0v) is 13.0. The van der Waals surface area contributed by atoms with Gasteiger partial charge >= 0.3 is 0 Å². The van der Waals surface area contributed by atoms with Crippen molar-refractivity contribution < 1.29 is 0 Å². The number of H-pyrrole nitrogens is 1. The number of nitrogens with one attached hydrogen (secondary N) is 3. The van der Waals surface area contributed by atoms with Crippen molar-refractivity contribution >= 4 is 5.96 Å². The largest absolute Gasteiger partial charge is 0.357 e. The van der Waals surface area contributed by atoms with E-state index < -0.39 is 0 Å². The van der Waals surface area contributed by atoms with E-state index >= 15 is 0 Å². The average Bonchev–Trinajstić information content (AvgIpc) is 3.17. The third-order valence-corrected chi connectivity index (χ3v) is 4.14. The fraction of sp³-hybridized carbons (Fsp3) is 0.412. The third kappa shape index (κ3) is 3.47. The summed E-state index contributed by atoms with van der Waals surface area (Å²) in [6.45, 7) is 4.46. The van der Waals surface area contributed by atoms with Crippen LogP contribution in [0.15, 0.2) is 47.6 Å². The summed E-state index contributed by atoms with van der Waals surface area (Å²) < 4.78 is 0. The Labute approximate surface area is 131 Å². The maximum atomic E-state index is 4.60. The summed E-state index contributed by atoms with van der Waals surface area (Å²) in [6.07, 6.45) is 4.23. The molecule has 2 aromatic rings.